The third-order valence-electron chi connectivity index (χ3n) is 4.52. The molecule has 1 aromatic carbocycles. The monoisotopic (exact) mass is 277 g/mol. The first kappa shape index (κ1) is 13.2. The van der Waals surface area contributed by atoms with Crippen LogP contribution in [0.2, 0.25) is 0 Å². The zero-order chi connectivity index (χ0) is 14.3. The fraction of sp³-hybridized carbons (Fsp3) is 0.467. The van der Waals surface area contributed by atoms with Crippen LogP contribution >= 0.6 is 0 Å². The molecule has 1 aromatic rings. The average molecular weight is 277 g/mol. The molecule has 2 amide bonds. The highest BCUT2D eigenvalue weighted by molar-refractivity contribution is 6.02. The molecular weight excluding hydrogens is 261 g/mol. The van der Waals surface area contributed by atoms with E-state index in [0.717, 1.165) is 0 Å². The molecule has 0 saturated carbocycles. The van der Waals surface area contributed by atoms with Crippen molar-refractivity contribution in [2.24, 2.45) is 5.41 Å². The van der Waals surface area contributed by atoms with Crippen molar-refractivity contribution in [2.45, 2.75) is 31.8 Å². The molecule has 106 valence electrons. The van der Waals surface area contributed by atoms with Crippen LogP contribution in [-0.2, 0) is 14.3 Å². The summed E-state index contributed by atoms with van der Waals surface area (Å²) in [6, 6.07) is 6.03. The van der Waals surface area contributed by atoms with Crippen LogP contribution < -0.4 is 5.32 Å². The SMILES string of the molecule is CC1OCCC12CC(=O)NC(=O)C2c1cccc(F)c1. The maximum Gasteiger partial charge on any atom is 0.234 e. The summed E-state index contributed by atoms with van der Waals surface area (Å²) < 4.78 is 19.1. The van der Waals surface area contributed by atoms with Gasteiger partial charge in [0.2, 0.25) is 11.8 Å². The molecule has 2 saturated heterocycles. The van der Waals surface area contributed by atoms with Crippen molar-refractivity contribution in [3.05, 3.63) is 35.6 Å². The van der Waals surface area contributed by atoms with Crippen LogP contribution in [-0.4, -0.2) is 24.5 Å². The van der Waals surface area contributed by atoms with Crippen LogP contribution in [0.3, 0.4) is 0 Å². The molecule has 0 bridgehead atoms. The number of carbonyl (C=O) groups is 2. The first-order valence-corrected chi connectivity index (χ1v) is 6.74. The number of piperidine rings is 1. The molecule has 3 unspecified atom stereocenters. The summed E-state index contributed by atoms with van der Waals surface area (Å²) in [5, 5.41) is 2.36. The topological polar surface area (TPSA) is 55.4 Å². The van der Waals surface area contributed by atoms with Crippen LogP contribution in [0, 0.1) is 11.2 Å². The number of halogens is 1. The van der Waals surface area contributed by atoms with E-state index in [1.165, 1.54) is 12.1 Å². The molecule has 2 heterocycles. The molecule has 3 rings (SSSR count). The smallest absolute Gasteiger partial charge is 0.234 e. The molecule has 2 aliphatic heterocycles. The highest BCUT2D eigenvalue weighted by atomic mass is 19.1. The third kappa shape index (κ3) is 1.93. The molecule has 3 atom stereocenters. The molecule has 1 spiro atoms. The standard InChI is InChI=1S/C15H16FNO3/c1-9-15(5-6-20-9)8-12(18)17-14(19)13(15)10-3-2-4-11(16)7-10/h2-4,7,9,13H,5-6,8H2,1H3,(H,17,18,19). The number of rotatable bonds is 1. The lowest BCUT2D eigenvalue weighted by molar-refractivity contribution is -0.142. The van der Waals surface area contributed by atoms with E-state index >= 15 is 0 Å². The summed E-state index contributed by atoms with van der Waals surface area (Å²) in [7, 11) is 0. The van der Waals surface area contributed by atoms with Crippen molar-refractivity contribution in [2.75, 3.05) is 6.61 Å². The molecule has 2 aliphatic rings. The second-order valence-corrected chi connectivity index (χ2v) is 5.57. The number of hydrogen-bond donors (Lipinski definition) is 1. The largest absolute Gasteiger partial charge is 0.378 e. The van der Waals surface area contributed by atoms with Gasteiger partial charge >= 0.3 is 0 Å². The summed E-state index contributed by atoms with van der Waals surface area (Å²) in [4.78, 5) is 24.1. The molecule has 2 fully saturated rings. The quantitative estimate of drug-likeness (QED) is 0.796. The maximum absolute atomic E-state index is 13.5. The highest BCUT2D eigenvalue weighted by Gasteiger charge is 2.55. The number of imide groups is 1. The number of amides is 2. The fourth-order valence-electron chi connectivity index (χ4n) is 3.49. The van der Waals surface area contributed by atoms with Gasteiger partial charge in [0, 0.05) is 18.4 Å². The zero-order valence-corrected chi connectivity index (χ0v) is 11.2. The Morgan fingerprint density at radius 2 is 2.20 bits per heavy atom. The van der Waals surface area contributed by atoms with E-state index in [1.807, 2.05) is 6.92 Å². The Bertz CT molecular complexity index is 574. The van der Waals surface area contributed by atoms with E-state index in [1.54, 1.807) is 12.1 Å². The molecular formula is C15H16FNO3. The molecule has 1 N–H and O–H groups in total. The van der Waals surface area contributed by atoms with Gasteiger partial charge in [-0.3, -0.25) is 14.9 Å². The number of nitrogens with one attached hydrogen (secondary N) is 1. The fourth-order valence-corrected chi connectivity index (χ4v) is 3.49. The van der Waals surface area contributed by atoms with E-state index < -0.39 is 11.3 Å². The third-order valence-corrected chi connectivity index (χ3v) is 4.52. The summed E-state index contributed by atoms with van der Waals surface area (Å²) >= 11 is 0. The van der Waals surface area contributed by atoms with Gasteiger partial charge in [-0.2, -0.15) is 0 Å². The first-order valence-electron chi connectivity index (χ1n) is 6.74. The maximum atomic E-state index is 13.5. The van der Waals surface area contributed by atoms with E-state index in [4.69, 9.17) is 4.74 Å². The Labute approximate surface area is 116 Å². The Balaban J connectivity index is 2.09. The molecule has 5 heteroatoms. The van der Waals surface area contributed by atoms with Crippen molar-refractivity contribution in [3.63, 3.8) is 0 Å². The Kier molecular flexibility index (Phi) is 3.09. The minimum atomic E-state index is -0.562. The predicted molar refractivity (Wildman–Crippen MR) is 69.4 cm³/mol. The van der Waals surface area contributed by atoms with Crippen molar-refractivity contribution in [1.82, 2.24) is 5.32 Å². The minimum absolute atomic E-state index is 0.203. The summed E-state index contributed by atoms with van der Waals surface area (Å²) in [6.07, 6.45) is 0.668. The second kappa shape index (κ2) is 4.66. The van der Waals surface area contributed by atoms with Crippen molar-refractivity contribution in [1.29, 1.82) is 0 Å². The lowest BCUT2D eigenvalue weighted by Gasteiger charge is -2.41. The summed E-state index contributed by atoms with van der Waals surface area (Å²) in [5.41, 5.74) is 0.0417. The van der Waals surface area contributed by atoms with Gasteiger partial charge in [-0.15, -0.1) is 0 Å². The highest BCUT2D eigenvalue weighted by Crippen LogP contribution is 2.51. The van der Waals surface area contributed by atoms with Gasteiger partial charge in [0.15, 0.2) is 0 Å². The van der Waals surface area contributed by atoms with Gasteiger partial charge in [-0.05, 0) is 31.0 Å². The second-order valence-electron chi connectivity index (χ2n) is 5.57. The Morgan fingerprint density at radius 1 is 1.40 bits per heavy atom. The van der Waals surface area contributed by atoms with Gasteiger partial charge in [-0.25, -0.2) is 4.39 Å². The van der Waals surface area contributed by atoms with Gasteiger partial charge in [-0.1, -0.05) is 12.1 Å². The van der Waals surface area contributed by atoms with E-state index in [9.17, 15) is 14.0 Å². The first-order chi connectivity index (χ1) is 9.53. The minimum Gasteiger partial charge on any atom is -0.378 e. The summed E-state index contributed by atoms with van der Waals surface area (Å²) in [5.74, 6) is -1.56. The normalized spacial score (nSPS) is 33.5. The summed E-state index contributed by atoms with van der Waals surface area (Å²) in [6.45, 7) is 2.40. The van der Waals surface area contributed by atoms with Gasteiger partial charge in [0.25, 0.3) is 0 Å². The lowest BCUT2D eigenvalue weighted by Crippen LogP contribution is -2.53. The molecule has 0 radical (unpaired) electrons. The molecule has 0 aromatic heterocycles. The van der Waals surface area contributed by atoms with Crippen molar-refractivity contribution in [3.8, 4) is 0 Å². The van der Waals surface area contributed by atoms with Crippen LogP contribution in [0.25, 0.3) is 0 Å². The number of ether oxygens (including phenoxy) is 1. The van der Waals surface area contributed by atoms with E-state index in [0.29, 0.717) is 18.6 Å². The number of carbonyl (C=O) groups excluding carboxylic acids is 2. The average Bonchev–Trinajstić information content (AvgIpc) is 2.70. The van der Waals surface area contributed by atoms with Crippen LogP contribution in [0.1, 0.15) is 31.2 Å². The van der Waals surface area contributed by atoms with Crippen LogP contribution in [0.15, 0.2) is 24.3 Å². The molecule has 20 heavy (non-hydrogen) atoms. The van der Waals surface area contributed by atoms with E-state index in [-0.39, 0.29) is 30.2 Å². The van der Waals surface area contributed by atoms with Crippen molar-refractivity contribution >= 4 is 11.8 Å². The molecule has 0 aliphatic carbocycles. The molecule has 4 nitrogen and oxygen atoms in total. The zero-order valence-electron chi connectivity index (χ0n) is 11.2. The van der Waals surface area contributed by atoms with E-state index in [2.05, 4.69) is 5.32 Å². The van der Waals surface area contributed by atoms with Crippen LogP contribution in [0.4, 0.5) is 4.39 Å². The van der Waals surface area contributed by atoms with Gasteiger partial charge in [0.05, 0.1) is 12.0 Å². The predicted octanol–water partition coefficient (Wildman–Crippen LogP) is 1.75. The van der Waals surface area contributed by atoms with Crippen molar-refractivity contribution < 1.29 is 18.7 Å². The Morgan fingerprint density at radius 3 is 2.85 bits per heavy atom. The number of hydrogen-bond acceptors (Lipinski definition) is 3. The van der Waals surface area contributed by atoms with Crippen LogP contribution in [0.5, 0.6) is 0 Å². The van der Waals surface area contributed by atoms with Gasteiger partial charge in [0.1, 0.15) is 5.82 Å². The number of benzene rings is 1. The van der Waals surface area contributed by atoms with Gasteiger partial charge < -0.3 is 4.74 Å². The lowest BCUT2D eigenvalue weighted by atomic mass is 9.63. The Hall–Kier alpha value is -1.75.